The van der Waals surface area contributed by atoms with Gasteiger partial charge in [0.05, 0.1) is 17.8 Å². The van der Waals surface area contributed by atoms with Crippen molar-refractivity contribution in [3.05, 3.63) is 83.2 Å². The number of benzene rings is 3. The fraction of sp³-hybridized carbons (Fsp3) is 0.179. The third-order valence-corrected chi connectivity index (χ3v) is 7.27. The van der Waals surface area contributed by atoms with E-state index in [4.69, 9.17) is 14.5 Å². The zero-order chi connectivity index (χ0) is 26.8. The van der Waals surface area contributed by atoms with Gasteiger partial charge >= 0.3 is 0 Å². The number of para-hydroxylation sites is 1. The van der Waals surface area contributed by atoms with Crippen molar-refractivity contribution in [3.63, 3.8) is 0 Å². The molecule has 0 saturated carbocycles. The quantitative estimate of drug-likeness (QED) is 0.312. The van der Waals surface area contributed by atoms with Crippen LogP contribution in [0.15, 0.2) is 78.2 Å². The Bertz CT molecular complexity index is 1650. The topological polar surface area (TPSA) is 111 Å². The van der Waals surface area contributed by atoms with Gasteiger partial charge in [0.25, 0.3) is 0 Å². The monoisotopic (exact) mass is 540 g/mol. The summed E-state index contributed by atoms with van der Waals surface area (Å²) in [6, 6.07) is 21.6. The summed E-state index contributed by atoms with van der Waals surface area (Å²) >= 11 is 1.45. The number of ether oxygens (including phenoxy) is 2. The van der Waals surface area contributed by atoms with E-state index < -0.39 is 6.04 Å². The molecule has 10 nitrogen and oxygen atoms in total. The summed E-state index contributed by atoms with van der Waals surface area (Å²) < 4.78 is 12.3. The van der Waals surface area contributed by atoms with Crippen molar-refractivity contribution < 1.29 is 19.1 Å². The van der Waals surface area contributed by atoms with Crippen molar-refractivity contribution in [2.45, 2.75) is 26.1 Å². The molecule has 0 spiro atoms. The maximum absolute atomic E-state index is 13.7. The minimum Gasteiger partial charge on any atom is -0.454 e. The second-order valence-corrected chi connectivity index (χ2v) is 9.93. The molecule has 1 unspecified atom stereocenters. The summed E-state index contributed by atoms with van der Waals surface area (Å²) in [5.41, 5.74) is 3.79. The number of thiazole rings is 1. The molecule has 1 N–H and O–H groups in total. The first kappa shape index (κ1) is 24.6. The number of anilines is 1. The molecule has 3 aromatic carbocycles. The molecule has 1 aliphatic rings. The second-order valence-electron chi connectivity index (χ2n) is 8.98. The molecule has 11 heteroatoms. The number of fused-ring (bicyclic) bond motifs is 2. The van der Waals surface area contributed by atoms with Gasteiger partial charge in [-0.05, 0) is 31.2 Å². The summed E-state index contributed by atoms with van der Waals surface area (Å²) in [6.07, 6.45) is 0. The third kappa shape index (κ3) is 5.16. The molecule has 5 aromatic rings. The summed E-state index contributed by atoms with van der Waals surface area (Å²) in [7, 11) is 0. The van der Waals surface area contributed by atoms with Gasteiger partial charge in [-0.25, -0.2) is 9.67 Å². The molecule has 0 fully saturated rings. The molecular formula is C28H24N6O4S. The molecule has 0 radical (unpaired) electrons. The van der Waals surface area contributed by atoms with Gasteiger partial charge in [0.2, 0.25) is 18.6 Å². The van der Waals surface area contributed by atoms with Crippen molar-refractivity contribution in [2.24, 2.45) is 0 Å². The molecule has 3 heterocycles. The van der Waals surface area contributed by atoms with Crippen LogP contribution in [-0.4, -0.2) is 49.5 Å². The molecule has 0 aliphatic carbocycles. The van der Waals surface area contributed by atoms with Crippen LogP contribution >= 0.6 is 11.3 Å². The number of nitrogens with zero attached hydrogens (tertiary/aromatic N) is 5. The SMILES string of the molecule is CC(C(=O)Nc1ccc2c(c1)OCO2)N(Cc1nc(-c2ccccc2)cs1)C(=O)Cn1nnc2ccccc21. The van der Waals surface area contributed by atoms with Crippen molar-refractivity contribution >= 4 is 39.9 Å². The van der Waals surface area contributed by atoms with Gasteiger partial charge in [0.15, 0.2) is 11.5 Å². The predicted octanol–water partition coefficient (Wildman–Crippen LogP) is 4.34. The fourth-order valence-corrected chi connectivity index (χ4v) is 5.13. The minimum absolute atomic E-state index is 0.0704. The number of hydrogen-bond donors (Lipinski definition) is 1. The average Bonchev–Trinajstić information content (AvgIpc) is 3.72. The first-order valence-corrected chi connectivity index (χ1v) is 13.2. The first-order chi connectivity index (χ1) is 19.0. The van der Waals surface area contributed by atoms with Crippen molar-refractivity contribution in [3.8, 4) is 22.8 Å². The summed E-state index contributed by atoms with van der Waals surface area (Å²) in [5, 5.41) is 13.9. The molecule has 2 aromatic heterocycles. The van der Waals surface area contributed by atoms with E-state index in [0.717, 1.165) is 16.8 Å². The predicted molar refractivity (Wildman–Crippen MR) is 146 cm³/mol. The summed E-state index contributed by atoms with van der Waals surface area (Å²) in [6.45, 7) is 1.93. The Balaban J connectivity index is 1.25. The lowest BCUT2D eigenvalue weighted by Gasteiger charge is -2.28. The van der Waals surface area contributed by atoms with E-state index in [9.17, 15) is 9.59 Å². The van der Waals surface area contributed by atoms with Crippen LogP contribution in [0.4, 0.5) is 5.69 Å². The van der Waals surface area contributed by atoms with Crippen LogP contribution in [0.5, 0.6) is 11.5 Å². The average molecular weight is 541 g/mol. The Morgan fingerprint density at radius 2 is 1.85 bits per heavy atom. The zero-order valence-corrected chi connectivity index (χ0v) is 21.8. The standard InChI is InChI=1S/C28H24N6O4S/c1-18(28(36)29-20-11-12-24-25(13-20)38-17-37-24)33(14-26-30-22(16-39-26)19-7-3-2-4-8-19)27(35)15-34-23-10-6-5-9-21(23)31-32-34/h2-13,16,18H,14-15,17H2,1H3,(H,29,36). The van der Waals surface area contributed by atoms with Crippen LogP contribution in [0.1, 0.15) is 11.9 Å². The van der Waals surface area contributed by atoms with Gasteiger partial charge < -0.3 is 19.7 Å². The molecule has 0 bridgehead atoms. The Hall–Kier alpha value is -4.77. The van der Waals surface area contributed by atoms with Gasteiger partial charge in [-0.15, -0.1) is 16.4 Å². The van der Waals surface area contributed by atoms with Crippen LogP contribution in [0.2, 0.25) is 0 Å². The summed E-state index contributed by atoms with van der Waals surface area (Å²) in [4.78, 5) is 33.3. The van der Waals surface area contributed by atoms with Gasteiger partial charge in [0, 0.05) is 22.7 Å². The number of hydrogen-bond acceptors (Lipinski definition) is 8. The molecule has 39 heavy (non-hydrogen) atoms. The van der Waals surface area contributed by atoms with Crippen LogP contribution in [0, 0.1) is 0 Å². The lowest BCUT2D eigenvalue weighted by molar-refractivity contribution is -0.139. The Kier molecular flexibility index (Phi) is 6.64. The zero-order valence-electron chi connectivity index (χ0n) is 21.0. The third-order valence-electron chi connectivity index (χ3n) is 6.44. The Morgan fingerprint density at radius 1 is 1.05 bits per heavy atom. The number of carbonyl (C=O) groups is 2. The van der Waals surface area contributed by atoms with Crippen LogP contribution in [0.3, 0.4) is 0 Å². The van der Waals surface area contributed by atoms with E-state index in [1.165, 1.54) is 16.2 Å². The number of nitrogens with one attached hydrogen (secondary N) is 1. The molecule has 1 atom stereocenters. The number of amides is 2. The van der Waals surface area contributed by atoms with E-state index >= 15 is 0 Å². The van der Waals surface area contributed by atoms with E-state index in [1.54, 1.807) is 29.8 Å². The molecule has 2 amide bonds. The maximum Gasteiger partial charge on any atom is 0.246 e. The van der Waals surface area contributed by atoms with Crippen LogP contribution in [-0.2, 0) is 22.7 Å². The van der Waals surface area contributed by atoms with Crippen LogP contribution < -0.4 is 14.8 Å². The minimum atomic E-state index is -0.804. The highest BCUT2D eigenvalue weighted by Crippen LogP contribution is 2.34. The summed E-state index contributed by atoms with van der Waals surface area (Å²) in [5.74, 6) is 0.555. The molecule has 1 aliphatic heterocycles. The van der Waals surface area contributed by atoms with E-state index in [0.29, 0.717) is 27.7 Å². The Labute approximate surface area is 227 Å². The van der Waals surface area contributed by atoms with Gasteiger partial charge in [-0.3, -0.25) is 9.59 Å². The molecular weight excluding hydrogens is 516 g/mol. The van der Waals surface area contributed by atoms with Gasteiger partial charge in [-0.1, -0.05) is 47.7 Å². The van der Waals surface area contributed by atoms with Crippen molar-refractivity contribution in [1.82, 2.24) is 24.9 Å². The number of aromatic nitrogens is 4. The van der Waals surface area contributed by atoms with Gasteiger partial charge in [-0.2, -0.15) is 0 Å². The Morgan fingerprint density at radius 3 is 2.72 bits per heavy atom. The largest absolute Gasteiger partial charge is 0.454 e. The normalized spacial score (nSPS) is 12.8. The maximum atomic E-state index is 13.7. The first-order valence-electron chi connectivity index (χ1n) is 12.3. The smallest absolute Gasteiger partial charge is 0.246 e. The number of carbonyl (C=O) groups excluding carboxylic acids is 2. The lowest BCUT2D eigenvalue weighted by Crippen LogP contribution is -2.46. The molecule has 6 rings (SSSR count). The molecule has 0 saturated heterocycles. The van der Waals surface area contributed by atoms with E-state index in [1.807, 2.05) is 60.0 Å². The highest BCUT2D eigenvalue weighted by molar-refractivity contribution is 7.09. The van der Waals surface area contributed by atoms with Gasteiger partial charge in [0.1, 0.15) is 23.1 Å². The van der Waals surface area contributed by atoms with Crippen molar-refractivity contribution in [2.75, 3.05) is 12.1 Å². The fourth-order valence-electron chi connectivity index (χ4n) is 4.33. The molecule has 196 valence electrons. The van der Waals surface area contributed by atoms with E-state index in [2.05, 4.69) is 15.6 Å². The lowest BCUT2D eigenvalue weighted by atomic mass is 10.2. The van der Waals surface area contributed by atoms with Crippen molar-refractivity contribution in [1.29, 1.82) is 0 Å². The second kappa shape index (κ2) is 10.5. The van der Waals surface area contributed by atoms with Crippen LogP contribution in [0.25, 0.3) is 22.3 Å². The van der Waals surface area contributed by atoms with E-state index in [-0.39, 0.29) is 31.7 Å². The highest BCUT2D eigenvalue weighted by atomic mass is 32.1. The highest BCUT2D eigenvalue weighted by Gasteiger charge is 2.28. The number of rotatable bonds is 8.